The predicted octanol–water partition coefficient (Wildman–Crippen LogP) is 3.83. The number of carbonyl (C=O) groups is 1. The number of nitrogens with one attached hydrogen (secondary N) is 1. The zero-order valence-corrected chi connectivity index (χ0v) is 19.4. The zero-order valence-electron chi connectivity index (χ0n) is 18.6. The summed E-state index contributed by atoms with van der Waals surface area (Å²) in [7, 11) is -3.84. The van der Waals surface area contributed by atoms with Gasteiger partial charge in [0, 0.05) is 37.2 Å². The highest BCUT2D eigenvalue weighted by atomic mass is 32.2. The number of carbonyl (C=O) groups excluding carboxylic acids is 1. The van der Waals surface area contributed by atoms with Crippen molar-refractivity contribution in [3.8, 4) is 0 Å². The normalized spacial score (nSPS) is 20.4. The van der Waals surface area contributed by atoms with Gasteiger partial charge in [0.25, 0.3) is 5.91 Å². The van der Waals surface area contributed by atoms with E-state index in [4.69, 9.17) is 9.15 Å². The Labute approximate surface area is 184 Å². The van der Waals surface area contributed by atoms with E-state index in [1.807, 2.05) is 24.8 Å². The van der Waals surface area contributed by atoms with Gasteiger partial charge in [-0.25, -0.2) is 13.1 Å². The van der Waals surface area contributed by atoms with Crippen molar-refractivity contribution in [3.05, 3.63) is 28.5 Å². The van der Waals surface area contributed by atoms with E-state index in [1.165, 1.54) is 0 Å². The molecular formula is C23H32N2O5S. The maximum atomic E-state index is 13.3. The molecule has 0 aliphatic carbocycles. The molecule has 3 heterocycles. The number of aryl methyl sites for hydroxylation is 2. The highest BCUT2D eigenvalue weighted by Gasteiger charge is 2.30. The maximum absolute atomic E-state index is 13.3. The summed E-state index contributed by atoms with van der Waals surface area (Å²) in [5.41, 5.74) is 2.44. The highest BCUT2D eigenvalue weighted by Crippen LogP contribution is 2.35. The molecule has 31 heavy (non-hydrogen) atoms. The van der Waals surface area contributed by atoms with Gasteiger partial charge in [0.15, 0.2) is 11.3 Å². The van der Waals surface area contributed by atoms with Gasteiger partial charge in [-0.1, -0.05) is 12.8 Å². The molecule has 2 aromatic rings. The molecule has 7 nitrogen and oxygen atoms in total. The summed E-state index contributed by atoms with van der Waals surface area (Å²) in [5, 5.41) is 0.679. The van der Waals surface area contributed by atoms with Crippen LogP contribution in [-0.2, 0) is 14.8 Å². The van der Waals surface area contributed by atoms with Crippen molar-refractivity contribution in [2.75, 3.05) is 26.2 Å². The first kappa shape index (κ1) is 22.3. The van der Waals surface area contributed by atoms with Crippen molar-refractivity contribution >= 4 is 26.9 Å². The lowest BCUT2D eigenvalue weighted by molar-refractivity contribution is 0.0731. The average molecular weight is 449 g/mol. The number of likely N-dealkylation sites (tertiary alicyclic amines) is 1. The van der Waals surface area contributed by atoms with Crippen LogP contribution in [0, 0.1) is 20.8 Å². The van der Waals surface area contributed by atoms with E-state index in [1.54, 1.807) is 6.92 Å². The van der Waals surface area contributed by atoms with Gasteiger partial charge < -0.3 is 14.1 Å². The fourth-order valence-corrected chi connectivity index (χ4v) is 6.08. The second kappa shape index (κ2) is 8.92. The Morgan fingerprint density at radius 3 is 2.45 bits per heavy atom. The SMILES string of the molecule is Cc1cc2c(C)c(C(=O)N3CCCCCC3)oc2c(S(=O)(=O)NC[C@@H]2CCCO2)c1C. The molecule has 0 bridgehead atoms. The molecule has 1 amide bonds. The van der Waals surface area contributed by atoms with E-state index < -0.39 is 10.0 Å². The van der Waals surface area contributed by atoms with E-state index in [0.29, 0.717) is 36.2 Å². The first-order chi connectivity index (χ1) is 14.8. The average Bonchev–Trinajstić information content (AvgIpc) is 3.26. The topological polar surface area (TPSA) is 88.9 Å². The van der Waals surface area contributed by atoms with Crippen LogP contribution in [0.4, 0.5) is 0 Å². The predicted molar refractivity (Wildman–Crippen MR) is 119 cm³/mol. The minimum atomic E-state index is -3.84. The van der Waals surface area contributed by atoms with Gasteiger partial charge in [-0.05, 0) is 63.6 Å². The van der Waals surface area contributed by atoms with Crippen molar-refractivity contribution in [3.63, 3.8) is 0 Å². The smallest absolute Gasteiger partial charge is 0.289 e. The Morgan fingerprint density at radius 2 is 1.81 bits per heavy atom. The van der Waals surface area contributed by atoms with Crippen molar-refractivity contribution in [2.45, 2.75) is 70.3 Å². The summed E-state index contributed by atoms with van der Waals surface area (Å²) < 4.78 is 40.9. The Hall–Kier alpha value is -1.90. The third kappa shape index (κ3) is 4.38. The van der Waals surface area contributed by atoms with Crippen LogP contribution < -0.4 is 4.72 Å². The Morgan fingerprint density at radius 1 is 1.10 bits per heavy atom. The van der Waals surface area contributed by atoms with E-state index in [9.17, 15) is 13.2 Å². The van der Waals surface area contributed by atoms with Gasteiger partial charge >= 0.3 is 0 Å². The summed E-state index contributed by atoms with van der Waals surface area (Å²) in [6, 6.07) is 1.92. The molecule has 2 saturated heterocycles. The number of hydrogen-bond acceptors (Lipinski definition) is 5. The molecular weight excluding hydrogens is 416 g/mol. The van der Waals surface area contributed by atoms with Crippen LogP contribution >= 0.6 is 0 Å². The number of furan rings is 1. The molecule has 2 fully saturated rings. The van der Waals surface area contributed by atoms with Crippen molar-refractivity contribution in [1.82, 2.24) is 9.62 Å². The lowest BCUT2D eigenvalue weighted by Crippen LogP contribution is -2.32. The summed E-state index contributed by atoms with van der Waals surface area (Å²) in [6.45, 7) is 7.82. The molecule has 1 aromatic carbocycles. The Balaban J connectivity index is 1.74. The lowest BCUT2D eigenvalue weighted by Gasteiger charge is -2.19. The number of ether oxygens (including phenoxy) is 1. The Kier molecular flexibility index (Phi) is 6.42. The van der Waals surface area contributed by atoms with Crippen LogP contribution in [-0.4, -0.2) is 51.6 Å². The number of sulfonamides is 1. The quantitative estimate of drug-likeness (QED) is 0.751. The van der Waals surface area contributed by atoms with Gasteiger partial charge in [0.05, 0.1) is 6.10 Å². The molecule has 0 saturated carbocycles. The molecule has 0 spiro atoms. The second-order valence-corrected chi connectivity index (χ2v) is 10.5. The fourth-order valence-electron chi connectivity index (χ4n) is 4.57. The van der Waals surface area contributed by atoms with E-state index >= 15 is 0 Å². The first-order valence-corrected chi connectivity index (χ1v) is 12.7. The van der Waals surface area contributed by atoms with E-state index in [0.717, 1.165) is 44.1 Å². The van der Waals surface area contributed by atoms with E-state index in [-0.39, 0.29) is 34.8 Å². The van der Waals surface area contributed by atoms with Crippen molar-refractivity contribution in [2.24, 2.45) is 0 Å². The van der Waals surface area contributed by atoms with Gasteiger partial charge in [-0.3, -0.25) is 4.79 Å². The van der Waals surface area contributed by atoms with Crippen LogP contribution in [0.5, 0.6) is 0 Å². The summed E-state index contributed by atoms with van der Waals surface area (Å²) in [6.07, 6.45) is 5.90. The maximum Gasteiger partial charge on any atom is 0.289 e. The number of hydrogen-bond donors (Lipinski definition) is 1. The van der Waals surface area contributed by atoms with Crippen molar-refractivity contribution in [1.29, 1.82) is 0 Å². The molecule has 2 aliphatic heterocycles. The monoisotopic (exact) mass is 448 g/mol. The minimum absolute atomic E-state index is 0.103. The standard InChI is InChI=1S/C23H32N2O5S/c1-15-13-19-17(3)20(23(26)25-10-6-4-5-7-11-25)30-21(19)22(16(15)2)31(27,28)24-14-18-9-8-12-29-18/h13,18,24H,4-12,14H2,1-3H3/t18-/m0/s1. The van der Waals surface area contributed by atoms with Gasteiger partial charge in [0.1, 0.15) is 4.90 Å². The van der Waals surface area contributed by atoms with Crippen LogP contribution in [0.15, 0.2) is 15.4 Å². The zero-order chi connectivity index (χ0) is 22.2. The molecule has 170 valence electrons. The van der Waals surface area contributed by atoms with Crippen molar-refractivity contribution < 1.29 is 22.4 Å². The number of rotatable bonds is 5. The Bertz CT molecular complexity index is 1080. The molecule has 8 heteroatoms. The van der Waals surface area contributed by atoms with Gasteiger partial charge in [-0.2, -0.15) is 0 Å². The molecule has 1 atom stereocenters. The molecule has 2 aliphatic rings. The molecule has 0 radical (unpaired) electrons. The molecule has 1 aromatic heterocycles. The highest BCUT2D eigenvalue weighted by molar-refractivity contribution is 7.89. The number of nitrogens with zero attached hydrogens (tertiary/aromatic N) is 1. The van der Waals surface area contributed by atoms with Gasteiger partial charge in [0.2, 0.25) is 10.0 Å². The fraction of sp³-hybridized carbons (Fsp3) is 0.609. The first-order valence-electron chi connectivity index (χ1n) is 11.2. The largest absolute Gasteiger partial charge is 0.449 e. The molecule has 4 rings (SSSR count). The van der Waals surface area contributed by atoms with Crippen LogP contribution in [0.2, 0.25) is 0 Å². The second-order valence-electron chi connectivity index (χ2n) is 8.77. The third-order valence-electron chi connectivity index (χ3n) is 6.57. The van der Waals surface area contributed by atoms with Crippen LogP contribution in [0.25, 0.3) is 11.0 Å². The summed E-state index contributed by atoms with van der Waals surface area (Å²) in [5.74, 6) is 0.0963. The lowest BCUT2D eigenvalue weighted by atomic mass is 10.0. The van der Waals surface area contributed by atoms with E-state index in [2.05, 4.69) is 4.72 Å². The number of benzene rings is 1. The van der Waals surface area contributed by atoms with Crippen LogP contribution in [0.1, 0.15) is 65.8 Å². The minimum Gasteiger partial charge on any atom is -0.449 e. The third-order valence-corrected chi connectivity index (χ3v) is 8.15. The molecule has 0 unspecified atom stereocenters. The summed E-state index contributed by atoms with van der Waals surface area (Å²) >= 11 is 0. The number of amides is 1. The van der Waals surface area contributed by atoms with Crippen LogP contribution in [0.3, 0.4) is 0 Å². The summed E-state index contributed by atoms with van der Waals surface area (Å²) in [4.78, 5) is 15.2. The number of fused-ring (bicyclic) bond motifs is 1. The van der Waals surface area contributed by atoms with Gasteiger partial charge in [-0.15, -0.1) is 0 Å². The molecule has 1 N–H and O–H groups in total.